The summed E-state index contributed by atoms with van der Waals surface area (Å²) in [6.07, 6.45) is 0.176. The molecule has 2 N–H and O–H groups in total. The van der Waals surface area contributed by atoms with E-state index in [-0.39, 0.29) is 35.4 Å². The van der Waals surface area contributed by atoms with E-state index in [1.807, 2.05) is 6.07 Å². The normalized spacial score (nSPS) is 18.7. The number of hydrogen-bond acceptors (Lipinski definition) is 4. The summed E-state index contributed by atoms with van der Waals surface area (Å²) in [6.45, 7) is 3.03. The predicted octanol–water partition coefficient (Wildman–Crippen LogP) is 4.94. The lowest BCUT2D eigenvalue weighted by atomic mass is 9.84. The molecule has 1 saturated heterocycles. The molecule has 2 heterocycles. The molecular weight excluding hydrogens is 530 g/mol. The first-order chi connectivity index (χ1) is 18.2. The summed E-state index contributed by atoms with van der Waals surface area (Å²) in [7, 11) is 0. The van der Waals surface area contributed by atoms with Gasteiger partial charge in [-0.1, -0.05) is 41.4 Å². The van der Waals surface area contributed by atoms with Crippen LogP contribution in [0.25, 0.3) is 0 Å². The predicted molar refractivity (Wildman–Crippen MR) is 145 cm³/mol. The molecule has 0 aliphatic carbocycles. The summed E-state index contributed by atoms with van der Waals surface area (Å²) >= 11 is 12.4. The third-order valence-electron chi connectivity index (χ3n) is 7.01. The molecule has 1 fully saturated rings. The van der Waals surface area contributed by atoms with E-state index in [1.165, 1.54) is 25.1 Å². The van der Waals surface area contributed by atoms with Crippen LogP contribution in [-0.2, 0) is 21.5 Å². The lowest BCUT2D eigenvalue weighted by Gasteiger charge is -2.35. The van der Waals surface area contributed by atoms with Crippen molar-refractivity contribution in [2.45, 2.75) is 18.9 Å². The highest BCUT2D eigenvalue weighted by Gasteiger charge is 2.47. The van der Waals surface area contributed by atoms with Gasteiger partial charge in [0.2, 0.25) is 5.91 Å². The highest BCUT2D eigenvalue weighted by Crippen LogP contribution is 2.43. The second kappa shape index (κ2) is 10.3. The first-order valence-corrected chi connectivity index (χ1v) is 12.9. The molecule has 3 amide bonds. The Morgan fingerprint density at radius 1 is 0.974 bits per heavy atom. The van der Waals surface area contributed by atoms with Crippen molar-refractivity contribution in [3.63, 3.8) is 0 Å². The molecule has 3 aromatic carbocycles. The zero-order chi connectivity index (χ0) is 27.0. The molecule has 196 valence electrons. The average molecular weight is 555 g/mol. The Kier molecular flexibility index (Phi) is 7.03. The van der Waals surface area contributed by atoms with Gasteiger partial charge < -0.3 is 20.4 Å². The summed E-state index contributed by atoms with van der Waals surface area (Å²) in [6, 6.07) is 16.1. The molecule has 0 bridgehead atoms. The van der Waals surface area contributed by atoms with E-state index < -0.39 is 11.4 Å². The molecule has 2 aliphatic rings. The minimum absolute atomic E-state index is 0.0461. The van der Waals surface area contributed by atoms with Crippen molar-refractivity contribution in [2.75, 3.05) is 36.8 Å². The zero-order valence-electron chi connectivity index (χ0n) is 20.6. The molecule has 0 spiro atoms. The first-order valence-electron chi connectivity index (χ1n) is 12.1. The van der Waals surface area contributed by atoms with Crippen molar-refractivity contribution in [3.05, 3.63) is 93.2 Å². The summed E-state index contributed by atoms with van der Waals surface area (Å²) in [4.78, 5) is 42.2. The van der Waals surface area contributed by atoms with Crippen LogP contribution in [0.1, 0.15) is 28.4 Å². The van der Waals surface area contributed by atoms with Gasteiger partial charge >= 0.3 is 0 Å². The number of nitrogens with one attached hydrogen (secondary N) is 2. The fraction of sp³-hybridized carbons (Fsp3) is 0.250. The summed E-state index contributed by atoms with van der Waals surface area (Å²) in [5, 5.41) is 7.10. The van der Waals surface area contributed by atoms with E-state index in [9.17, 15) is 18.8 Å². The third-order valence-corrected chi connectivity index (χ3v) is 7.48. The van der Waals surface area contributed by atoms with E-state index in [1.54, 1.807) is 46.2 Å². The Morgan fingerprint density at radius 3 is 2.39 bits per heavy atom. The highest BCUT2D eigenvalue weighted by molar-refractivity contribution is 6.31. The van der Waals surface area contributed by atoms with Gasteiger partial charge in [-0.2, -0.15) is 0 Å². The molecule has 5 rings (SSSR count). The number of carbonyl (C=O) groups is 3. The van der Waals surface area contributed by atoms with Crippen LogP contribution in [0.15, 0.2) is 60.7 Å². The fourth-order valence-corrected chi connectivity index (χ4v) is 5.46. The van der Waals surface area contributed by atoms with Crippen molar-refractivity contribution in [2.24, 2.45) is 0 Å². The van der Waals surface area contributed by atoms with Gasteiger partial charge in [-0.05, 0) is 48.0 Å². The zero-order valence-corrected chi connectivity index (χ0v) is 22.1. The van der Waals surface area contributed by atoms with Crippen molar-refractivity contribution in [3.8, 4) is 0 Å². The number of hydrogen-bond donors (Lipinski definition) is 2. The van der Waals surface area contributed by atoms with Gasteiger partial charge in [0.1, 0.15) is 11.4 Å². The monoisotopic (exact) mass is 554 g/mol. The van der Waals surface area contributed by atoms with Crippen LogP contribution in [0.3, 0.4) is 0 Å². The van der Waals surface area contributed by atoms with Gasteiger partial charge in [-0.3, -0.25) is 14.4 Å². The van der Waals surface area contributed by atoms with Gasteiger partial charge in [-0.15, -0.1) is 0 Å². The summed E-state index contributed by atoms with van der Waals surface area (Å²) in [5.41, 5.74) is 0.951. The number of nitrogens with zero attached hydrogens (tertiary/aromatic N) is 2. The van der Waals surface area contributed by atoms with Crippen molar-refractivity contribution in [1.82, 2.24) is 9.80 Å². The lowest BCUT2D eigenvalue weighted by Crippen LogP contribution is -2.50. The fourth-order valence-electron chi connectivity index (χ4n) is 5.07. The van der Waals surface area contributed by atoms with Gasteiger partial charge in [0.15, 0.2) is 0 Å². The quantitative estimate of drug-likeness (QED) is 0.468. The van der Waals surface area contributed by atoms with Crippen LogP contribution >= 0.6 is 23.2 Å². The number of halogens is 3. The van der Waals surface area contributed by atoms with E-state index in [0.29, 0.717) is 47.5 Å². The SMILES string of the molecule is CC(=O)N1CCN(C(=O)c2ccc(F)cc2NC2(Cc3cccc(Cl)c3)C(=O)Nc3cc(Cl)ccc32)CC1. The number of fused-ring (bicyclic) bond motifs is 1. The van der Waals surface area contributed by atoms with Gasteiger partial charge in [-0.25, -0.2) is 4.39 Å². The lowest BCUT2D eigenvalue weighted by molar-refractivity contribution is -0.130. The largest absolute Gasteiger partial charge is 0.367 e. The smallest absolute Gasteiger partial charge is 0.256 e. The molecule has 2 aliphatic heterocycles. The molecule has 7 nitrogen and oxygen atoms in total. The average Bonchev–Trinajstić information content (AvgIpc) is 3.13. The molecule has 1 atom stereocenters. The van der Waals surface area contributed by atoms with Crippen molar-refractivity contribution >= 4 is 52.3 Å². The second-order valence-electron chi connectivity index (χ2n) is 9.47. The van der Waals surface area contributed by atoms with Crippen LogP contribution in [-0.4, -0.2) is 53.7 Å². The van der Waals surface area contributed by atoms with Gasteiger partial charge in [0, 0.05) is 60.8 Å². The van der Waals surface area contributed by atoms with Crippen LogP contribution in [0, 0.1) is 5.82 Å². The molecule has 3 aromatic rings. The number of rotatable bonds is 5. The topological polar surface area (TPSA) is 81.8 Å². The van der Waals surface area contributed by atoms with Crippen LogP contribution < -0.4 is 10.6 Å². The molecule has 0 saturated carbocycles. The molecule has 0 aromatic heterocycles. The van der Waals surface area contributed by atoms with Crippen molar-refractivity contribution < 1.29 is 18.8 Å². The maximum atomic E-state index is 14.6. The Hall–Kier alpha value is -3.62. The number of piperazine rings is 1. The molecule has 10 heteroatoms. The first kappa shape index (κ1) is 26.0. The molecule has 0 radical (unpaired) electrons. The summed E-state index contributed by atoms with van der Waals surface area (Å²) in [5.74, 6) is -1.29. The maximum absolute atomic E-state index is 14.6. The van der Waals surface area contributed by atoms with Crippen LogP contribution in [0.4, 0.5) is 15.8 Å². The van der Waals surface area contributed by atoms with Gasteiger partial charge in [0.05, 0.1) is 11.3 Å². The van der Waals surface area contributed by atoms with Crippen LogP contribution in [0.2, 0.25) is 10.0 Å². The number of anilines is 2. The molecular formula is C28H25Cl2FN4O3. The third kappa shape index (κ3) is 4.93. The number of carbonyl (C=O) groups excluding carboxylic acids is 3. The minimum atomic E-state index is -1.37. The minimum Gasteiger partial charge on any atom is -0.367 e. The highest BCUT2D eigenvalue weighted by atomic mass is 35.5. The summed E-state index contributed by atoms with van der Waals surface area (Å²) < 4.78 is 14.6. The second-order valence-corrected chi connectivity index (χ2v) is 10.3. The van der Waals surface area contributed by atoms with E-state index >= 15 is 0 Å². The maximum Gasteiger partial charge on any atom is 0.256 e. The van der Waals surface area contributed by atoms with Crippen LogP contribution in [0.5, 0.6) is 0 Å². The number of amides is 3. The Labute approximate surface area is 229 Å². The Morgan fingerprint density at radius 2 is 1.68 bits per heavy atom. The number of benzene rings is 3. The van der Waals surface area contributed by atoms with Crippen molar-refractivity contribution in [1.29, 1.82) is 0 Å². The van der Waals surface area contributed by atoms with E-state index in [2.05, 4.69) is 10.6 Å². The Balaban J connectivity index is 1.55. The Bertz CT molecular complexity index is 1440. The van der Waals surface area contributed by atoms with E-state index in [4.69, 9.17) is 23.2 Å². The standard InChI is InChI=1S/C28H25Cl2FN4O3/c1-17(36)34-9-11-35(12-10-34)26(37)22-7-6-21(31)15-24(22)33-28(16-18-3-2-4-19(29)13-18)23-8-5-20(30)14-25(23)32-27(28)38/h2-8,13-15,33H,9-12,16H2,1H3,(H,32,38). The van der Waals surface area contributed by atoms with E-state index in [0.717, 1.165) is 5.56 Å². The molecule has 1 unspecified atom stereocenters. The van der Waals surface area contributed by atoms with Gasteiger partial charge in [0.25, 0.3) is 11.8 Å². The molecule has 38 heavy (non-hydrogen) atoms.